The molecule has 0 bridgehead atoms. The Morgan fingerprint density at radius 1 is 0.857 bits per heavy atom. The fourth-order valence-corrected chi connectivity index (χ4v) is 4.20. The lowest BCUT2D eigenvalue weighted by molar-refractivity contribution is 0.122. The van der Waals surface area contributed by atoms with Crippen molar-refractivity contribution in [1.29, 1.82) is 0 Å². The summed E-state index contributed by atoms with van der Waals surface area (Å²) in [6.45, 7) is 0.693. The van der Waals surface area contributed by atoms with Crippen molar-refractivity contribution < 1.29 is 28.5 Å². The van der Waals surface area contributed by atoms with E-state index < -0.39 is 12.3 Å². The first-order valence-electron chi connectivity index (χ1n) is 8.35. The standard InChI is InChI=1S/C10H10O3S.C9H7BrO3S/c11-10-12-6-8(13-10)7-14-9-4-2-1-3-5-9;10-6-1-3-7(4-2-6)14-8-5-12-9(11)13-8/h1-5,8H,6-7H2;1-4,8H,5H2. The topological polar surface area (TPSA) is 71.1 Å². The summed E-state index contributed by atoms with van der Waals surface area (Å²) in [6.07, 6.45) is -1.24. The molecule has 0 aromatic heterocycles. The van der Waals surface area contributed by atoms with Crippen molar-refractivity contribution in [3.63, 3.8) is 0 Å². The molecule has 2 aliphatic rings. The monoisotopic (exact) mass is 484 g/mol. The molecular formula is C19H17BrO6S2. The predicted octanol–water partition coefficient (Wildman–Crippen LogP) is 5.35. The molecule has 148 valence electrons. The zero-order valence-electron chi connectivity index (χ0n) is 14.6. The molecule has 2 aliphatic heterocycles. The zero-order chi connectivity index (χ0) is 19.8. The minimum atomic E-state index is -0.584. The van der Waals surface area contributed by atoms with E-state index in [1.165, 1.54) is 16.7 Å². The van der Waals surface area contributed by atoms with Crippen LogP contribution < -0.4 is 0 Å². The van der Waals surface area contributed by atoms with Crippen LogP contribution in [-0.4, -0.2) is 42.8 Å². The van der Waals surface area contributed by atoms with Crippen LogP contribution >= 0.6 is 39.5 Å². The number of carbonyl (C=O) groups excluding carboxylic acids is 2. The van der Waals surface area contributed by atoms with Crippen molar-refractivity contribution in [2.45, 2.75) is 21.3 Å². The summed E-state index contributed by atoms with van der Waals surface area (Å²) in [5.41, 5.74) is -0.219. The third-order valence-electron chi connectivity index (χ3n) is 3.48. The van der Waals surface area contributed by atoms with Gasteiger partial charge in [0, 0.05) is 20.0 Å². The van der Waals surface area contributed by atoms with Gasteiger partial charge in [0.15, 0.2) is 5.44 Å². The first-order valence-corrected chi connectivity index (χ1v) is 11.0. The first kappa shape index (κ1) is 20.9. The van der Waals surface area contributed by atoms with Crippen molar-refractivity contribution in [3.8, 4) is 0 Å². The van der Waals surface area contributed by atoms with Crippen molar-refractivity contribution in [1.82, 2.24) is 0 Å². The van der Waals surface area contributed by atoms with Crippen LogP contribution in [0.1, 0.15) is 0 Å². The molecule has 0 saturated carbocycles. The molecule has 9 heteroatoms. The van der Waals surface area contributed by atoms with Gasteiger partial charge in [0.1, 0.15) is 19.3 Å². The van der Waals surface area contributed by atoms with Gasteiger partial charge in [-0.25, -0.2) is 9.59 Å². The Morgan fingerprint density at radius 3 is 2.14 bits per heavy atom. The average Bonchev–Trinajstić information content (AvgIpc) is 3.31. The maximum atomic E-state index is 10.6. The average molecular weight is 485 g/mol. The van der Waals surface area contributed by atoms with Crippen molar-refractivity contribution >= 4 is 51.8 Å². The second kappa shape index (κ2) is 10.6. The Hall–Kier alpha value is -1.84. The van der Waals surface area contributed by atoms with E-state index in [0.29, 0.717) is 13.2 Å². The van der Waals surface area contributed by atoms with E-state index >= 15 is 0 Å². The van der Waals surface area contributed by atoms with Crippen LogP contribution in [0.5, 0.6) is 0 Å². The number of rotatable bonds is 5. The van der Waals surface area contributed by atoms with E-state index in [4.69, 9.17) is 9.47 Å². The molecule has 2 aromatic carbocycles. The van der Waals surface area contributed by atoms with Crippen LogP contribution in [0.2, 0.25) is 0 Å². The number of thioether (sulfide) groups is 2. The molecule has 2 atom stereocenters. The van der Waals surface area contributed by atoms with Crippen LogP contribution in [0.15, 0.2) is 68.9 Å². The smallest absolute Gasteiger partial charge is 0.430 e. The van der Waals surface area contributed by atoms with Gasteiger partial charge in [-0.2, -0.15) is 0 Å². The Balaban J connectivity index is 0.000000161. The minimum Gasteiger partial charge on any atom is -0.430 e. The lowest BCUT2D eigenvalue weighted by Crippen LogP contribution is -2.12. The molecule has 2 fully saturated rings. The summed E-state index contributed by atoms with van der Waals surface area (Å²) in [4.78, 5) is 23.5. The normalized spacial score (nSPS) is 20.3. The second-order valence-corrected chi connectivity index (χ2v) is 8.85. The molecule has 2 aromatic rings. The Morgan fingerprint density at radius 2 is 1.54 bits per heavy atom. The molecule has 28 heavy (non-hydrogen) atoms. The number of hydrogen-bond acceptors (Lipinski definition) is 8. The minimum absolute atomic E-state index is 0.104. The molecule has 0 radical (unpaired) electrons. The van der Waals surface area contributed by atoms with Gasteiger partial charge in [-0.3, -0.25) is 0 Å². The molecule has 0 aliphatic carbocycles. The van der Waals surface area contributed by atoms with E-state index in [9.17, 15) is 9.59 Å². The van der Waals surface area contributed by atoms with E-state index in [1.807, 2.05) is 54.6 Å². The molecule has 2 heterocycles. The highest BCUT2D eigenvalue weighted by Crippen LogP contribution is 2.28. The predicted molar refractivity (Wildman–Crippen MR) is 110 cm³/mol. The van der Waals surface area contributed by atoms with Crippen LogP contribution in [0.3, 0.4) is 0 Å². The first-order chi connectivity index (χ1) is 13.6. The van der Waals surface area contributed by atoms with E-state index in [0.717, 1.165) is 15.1 Å². The highest BCUT2D eigenvalue weighted by atomic mass is 79.9. The van der Waals surface area contributed by atoms with Crippen LogP contribution in [0, 0.1) is 0 Å². The van der Waals surface area contributed by atoms with Crippen molar-refractivity contribution in [2.75, 3.05) is 19.0 Å². The van der Waals surface area contributed by atoms with E-state index in [1.54, 1.807) is 11.8 Å². The SMILES string of the molecule is O=C1OCC(CSc2ccccc2)O1.O=C1OCC(Sc2ccc(Br)cc2)O1. The summed E-state index contributed by atoms with van der Waals surface area (Å²) in [7, 11) is 0. The van der Waals surface area contributed by atoms with Gasteiger partial charge in [-0.05, 0) is 36.4 Å². The summed E-state index contributed by atoms with van der Waals surface area (Å²) in [5.74, 6) is 0.746. The summed E-state index contributed by atoms with van der Waals surface area (Å²) in [6, 6.07) is 17.8. The van der Waals surface area contributed by atoms with Crippen molar-refractivity contribution in [2.24, 2.45) is 0 Å². The lowest BCUT2D eigenvalue weighted by atomic mass is 10.4. The summed E-state index contributed by atoms with van der Waals surface area (Å²) < 4.78 is 20.2. The molecule has 0 spiro atoms. The Bertz CT molecular complexity index is 787. The van der Waals surface area contributed by atoms with Crippen molar-refractivity contribution in [3.05, 3.63) is 59.1 Å². The summed E-state index contributed by atoms with van der Waals surface area (Å²) in [5, 5.41) is 0. The van der Waals surface area contributed by atoms with E-state index in [-0.39, 0.29) is 11.5 Å². The molecular weight excluding hydrogens is 468 g/mol. The van der Waals surface area contributed by atoms with Gasteiger partial charge in [-0.15, -0.1) is 11.8 Å². The zero-order valence-corrected chi connectivity index (χ0v) is 17.8. The molecule has 0 N–H and O–H groups in total. The number of halogens is 1. The molecule has 0 amide bonds. The number of cyclic esters (lactones) is 4. The fraction of sp³-hybridized carbons (Fsp3) is 0.263. The second-order valence-electron chi connectivity index (χ2n) is 5.61. The lowest BCUT2D eigenvalue weighted by Gasteiger charge is -2.05. The number of ether oxygens (including phenoxy) is 4. The largest absolute Gasteiger partial charge is 0.509 e. The van der Waals surface area contributed by atoms with Crippen LogP contribution in [0.25, 0.3) is 0 Å². The fourth-order valence-electron chi connectivity index (χ4n) is 2.19. The number of benzene rings is 2. The quantitative estimate of drug-likeness (QED) is 0.415. The Labute approximate surface area is 179 Å². The van der Waals surface area contributed by atoms with Crippen LogP contribution in [0.4, 0.5) is 9.59 Å². The number of carbonyl (C=O) groups is 2. The molecule has 2 unspecified atom stereocenters. The van der Waals surface area contributed by atoms with Gasteiger partial charge in [0.2, 0.25) is 0 Å². The molecule has 6 nitrogen and oxygen atoms in total. The third kappa shape index (κ3) is 6.96. The third-order valence-corrected chi connectivity index (χ3v) is 6.19. The number of hydrogen-bond donors (Lipinski definition) is 0. The maximum Gasteiger partial charge on any atom is 0.509 e. The Kier molecular flexibility index (Phi) is 7.93. The van der Waals surface area contributed by atoms with Crippen LogP contribution in [-0.2, 0) is 18.9 Å². The maximum absolute atomic E-state index is 10.6. The highest BCUT2D eigenvalue weighted by molar-refractivity contribution is 9.10. The van der Waals surface area contributed by atoms with E-state index in [2.05, 4.69) is 25.4 Å². The van der Waals surface area contributed by atoms with Gasteiger partial charge >= 0.3 is 12.3 Å². The highest BCUT2D eigenvalue weighted by Gasteiger charge is 2.26. The molecule has 2 saturated heterocycles. The summed E-state index contributed by atoms with van der Waals surface area (Å²) >= 11 is 6.49. The van der Waals surface area contributed by atoms with Gasteiger partial charge in [-0.1, -0.05) is 45.9 Å². The van der Waals surface area contributed by atoms with Gasteiger partial charge < -0.3 is 18.9 Å². The van der Waals surface area contributed by atoms with Gasteiger partial charge in [0.05, 0.1) is 0 Å². The molecule has 4 rings (SSSR count). The van der Waals surface area contributed by atoms with Gasteiger partial charge in [0.25, 0.3) is 0 Å².